The first kappa shape index (κ1) is 23.6. The molecule has 0 spiro atoms. The molecule has 0 unspecified atom stereocenters. The van der Waals surface area contributed by atoms with E-state index in [1.54, 1.807) is 54.6 Å². The number of sulfonamides is 1. The number of carbonyl (C=O) groups is 1. The minimum atomic E-state index is -3.86. The molecule has 1 amide bonds. The maximum absolute atomic E-state index is 12.5. The van der Waals surface area contributed by atoms with Crippen molar-refractivity contribution in [1.82, 2.24) is 25.6 Å². The van der Waals surface area contributed by atoms with Gasteiger partial charge in [0.1, 0.15) is 11.5 Å². The zero-order chi connectivity index (χ0) is 25.8. The largest absolute Gasteiger partial charge is 0.455 e. The van der Waals surface area contributed by atoms with E-state index in [0.717, 1.165) is 0 Å². The summed E-state index contributed by atoms with van der Waals surface area (Å²) in [7, 11) is -3.86. The summed E-state index contributed by atoms with van der Waals surface area (Å²) in [6, 6.07) is 17.5. The molecule has 37 heavy (non-hydrogen) atoms. The number of nitrogens with one attached hydrogen (secondary N) is 3. The molecule has 0 aliphatic carbocycles. The summed E-state index contributed by atoms with van der Waals surface area (Å²) < 4.78 is 33.1. The molecule has 0 saturated heterocycles. The molecule has 5 aromatic rings. The van der Waals surface area contributed by atoms with E-state index in [1.807, 2.05) is 0 Å². The predicted molar refractivity (Wildman–Crippen MR) is 134 cm³/mol. The second kappa shape index (κ2) is 9.83. The molecular formula is C24H17N7O5S. The minimum Gasteiger partial charge on any atom is -0.455 e. The van der Waals surface area contributed by atoms with E-state index in [4.69, 9.17) is 4.42 Å². The van der Waals surface area contributed by atoms with Gasteiger partial charge in [-0.05, 0) is 48.5 Å². The van der Waals surface area contributed by atoms with Crippen molar-refractivity contribution in [2.24, 2.45) is 5.10 Å². The van der Waals surface area contributed by atoms with Crippen LogP contribution in [0, 0.1) is 0 Å². The first-order valence-electron chi connectivity index (χ1n) is 10.7. The van der Waals surface area contributed by atoms with E-state index in [1.165, 1.54) is 30.7 Å². The zero-order valence-corrected chi connectivity index (χ0v) is 19.6. The molecule has 0 atom stereocenters. The Labute approximate surface area is 209 Å². The van der Waals surface area contributed by atoms with Crippen molar-refractivity contribution in [3.05, 3.63) is 101 Å². The average Bonchev–Trinajstić information content (AvgIpc) is 3.38. The Morgan fingerprint density at radius 1 is 0.946 bits per heavy atom. The predicted octanol–water partition coefficient (Wildman–Crippen LogP) is 2.54. The summed E-state index contributed by atoms with van der Waals surface area (Å²) in [5.41, 5.74) is 2.61. The highest BCUT2D eigenvalue weighted by molar-refractivity contribution is 7.92. The van der Waals surface area contributed by atoms with Gasteiger partial charge in [-0.1, -0.05) is 18.2 Å². The molecule has 0 radical (unpaired) electrons. The van der Waals surface area contributed by atoms with Crippen LogP contribution in [0.25, 0.3) is 22.1 Å². The van der Waals surface area contributed by atoms with Crippen molar-refractivity contribution in [2.75, 3.05) is 4.72 Å². The number of nitrogens with zero attached hydrogens (tertiary/aromatic N) is 4. The summed E-state index contributed by atoms with van der Waals surface area (Å²) in [6.45, 7) is 0. The van der Waals surface area contributed by atoms with E-state index in [2.05, 4.69) is 35.4 Å². The zero-order valence-electron chi connectivity index (χ0n) is 18.8. The molecule has 0 fully saturated rings. The molecule has 12 nitrogen and oxygen atoms in total. The summed E-state index contributed by atoms with van der Waals surface area (Å²) in [5, 5.41) is 10.7. The van der Waals surface area contributed by atoms with E-state index < -0.39 is 21.5 Å². The maximum atomic E-state index is 12.5. The lowest BCUT2D eigenvalue weighted by atomic mass is 10.1. The number of amides is 1. The highest BCUT2D eigenvalue weighted by Crippen LogP contribution is 2.24. The molecule has 0 bridgehead atoms. The van der Waals surface area contributed by atoms with Gasteiger partial charge in [0.15, 0.2) is 5.69 Å². The number of benzene rings is 2. The minimum absolute atomic E-state index is 0.0239. The first-order chi connectivity index (χ1) is 17.9. The van der Waals surface area contributed by atoms with Crippen LogP contribution in [0.2, 0.25) is 0 Å². The molecule has 3 heterocycles. The number of hydrazone groups is 1. The number of aromatic amines is 1. The molecule has 0 saturated carbocycles. The van der Waals surface area contributed by atoms with Crippen LogP contribution in [0.4, 0.5) is 5.95 Å². The van der Waals surface area contributed by atoms with Crippen LogP contribution in [0.15, 0.2) is 98.3 Å². The first-order valence-corrected chi connectivity index (χ1v) is 12.2. The highest BCUT2D eigenvalue weighted by Gasteiger charge is 2.16. The molecule has 184 valence electrons. The van der Waals surface area contributed by atoms with E-state index in [0.29, 0.717) is 27.9 Å². The summed E-state index contributed by atoms with van der Waals surface area (Å²) in [5.74, 6) is 0.165. The third-order valence-corrected chi connectivity index (χ3v) is 6.48. The van der Waals surface area contributed by atoms with Gasteiger partial charge >= 0.3 is 0 Å². The number of furan rings is 1. The van der Waals surface area contributed by atoms with Crippen molar-refractivity contribution in [3.63, 3.8) is 0 Å². The monoisotopic (exact) mass is 515 g/mol. The van der Waals surface area contributed by atoms with Crippen LogP contribution in [-0.4, -0.2) is 40.7 Å². The Morgan fingerprint density at radius 2 is 1.68 bits per heavy atom. The van der Waals surface area contributed by atoms with Crippen LogP contribution < -0.4 is 15.7 Å². The van der Waals surface area contributed by atoms with Gasteiger partial charge in [0.25, 0.3) is 21.5 Å². The highest BCUT2D eigenvalue weighted by atomic mass is 32.2. The second-order valence-corrected chi connectivity index (χ2v) is 9.23. The summed E-state index contributed by atoms with van der Waals surface area (Å²) in [4.78, 5) is 32.1. The third kappa shape index (κ3) is 5.11. The van der Waals surface area contributed by atoms with Crippen molar-refractivity contribution in [2.45, 2.75) is 4.90 Å². The van der Waals surface area contributed by atoms with E-state index in [-0.39, 0.29) is 16.5 Å². The summed E-state index contributed by atoms with van der Waals surface area (Å²) >= 11 is 0. The Hall–Kier alpha value is -5.17. The number of carbonyl (C=O) groups excluding carboxylic acids is 1. The van der Waals surface area contributed by atoms with Gasteiger partial charge in [0, 0.05) is 23.3 Å². The number of hydrogen-bond acceptors (Lipinski definition) is 9. The molecular weight excluding hydrogens is 498 g/mol. The van der Waals surface area contributed by atoms with Gasteiger partial charge in [-0.3, -0.25) is 9.59 Å². The van der Waals surface area contributed by atoms with E-state index in [9.17, 15) is 18.0 Å². The fourth-order valence-electron chi connectivity index (χ4n) is 3.40. The van der Waals surface area contributed by atoms with Crippen LogP contribution in [0.1, 0.15) is 16.2 Å². The number of fused-ring (bicyclic) bond motifs is 1. The fourth-order valence-corrected chi connectivity index (χ4v) is 4.36. The van der Waals surface area contributed by atoms with Crippen LogP contribution in [0.3, 0.4) is 0 Å². The number of H-pyrrole nitrogens is 1. The fraction of sp³-hybridized carbons (Fsp3) is 0. The van der Waals surface area contributed by atoms with Crippen molar-refractivity contribution in [3.8, 4) is 11.3 Å². The Kier molecular flexibility index (Phi) is 6.26. The van der Waals surface area contributed by atoms with Gasteiger partial charge in [0.2, 0.25) is 5.95 Å². The smallest absolute Gasteiger partial charge is 0.292 e. The number of hydrogen-bond donors (Lipinski definition) is 3. The van der Waals surface area contributed by atoms with E-state index >= 15 is 0 Å². The molecule has 3 N–H and O–H groups in total. The molecule has 0 aliphatic rings. The second-order valence-electron chi connectivity index (χ2n) is 7.55. The van der Waals surface area contributed by atoms with Crippen LogP contribution in [0.5, 0.6) is 0 Å². The topological polar surface area (TPSA) is 172 Å². The Bertz CT molecular complexity index is 1780. The quantitative estimate of drug-likeness (QED) is 0.219. The number of anilines is 1. The lowest BCUT2D eigenvalue weighted by Crippen LogP contribution is -2.22. The lowest BCUT2D eigenvalue weighted by Gasteiger charge is -2.06. The van der Waals surface area contributed by atoms with Gasteiger partial charge in [-0.2, -0.15) is 10.2 Å². The molecule has 2 aromatic carbocycles. The van der Waals surface area contributed by atoms with Gasteiger partial charge in [-0.15, -0.1) is 0 Å². The standard InChI is InChI=1S/C24H17N7O5S/c32-22-19-5-2-1-4-18(19)21(28-30-22)23(33)29-27-14-16-8-11-20(36-16)15-6-9-17(10-7-15)37(34,35)31-24-25-12-3-13-26-24/h1-14H,(H,29,33)(H,30,32)(H,25,26,31). The average molecular weight is 516 g/mol. The van der Waals surface area contributed by atoms with Gasteiger partial charge in [-0.25, -0.2) is 33.6 Å². The Balaban J connectivity index is 1.26. The molecule has 5 rings (SSSR count). The maximum Gasteiger partial charge on any atom is 0.292 e. The van der Waals surface area contributed by atoms with Gasteiger partial charge in [0.05, 0.1) is 16.5 Å². The van der Waals surface area contributed by atoms with Crippen LogP contribution >= 0.6 is 0 Å². The lowest BCUT2D eigenvalue weighted by molar-refractivity contribution is 0.0951. The van der Waals surface area contributed by atoms with Gasteiger partial charge < -0.3 is 4.42 Å². The SMILES string of the molecule is O=C(NN=Cc1ccc(-c2ccc(S(=O)(=O)Nc3ncccn3)cc2)o1)c1n[nH]c(=O)c2ccccc12. The van der Waals surface area contributed by atoms with Crippen molar-refractivity contribution in [1.29, 1.82) is 0 Å². The molecule has 0 aliphatic heterocycles. The summed E-state index contributed by atoms with van der Waals surface area (Å²) in [6.07, 6.45) is 4.16. The Morgan fingerprint density at radius 3 is 2.43 bits per heavy atom. The third-order valence-electron chi connectivity index (χ3n) is 5.14. The number of aromatic nitrogens is 4. The molecule has 13 heteroatoms. The van der Waals surface area contributed by atoms with Crippen molar-refractivity contribution >= 4 is 38.9 Å². The number of rotatable bonds is 7. The van der Waals surface area contributed by atoms with Crippen molar-refractivity contribution < 1.29 is 17.6 Å². The molecule has 3 aromatic heterocycles. The van der Waals surface area contributed by atoms with Crippen LogP contribution in [-0.2, 0) is 10.0 Å². The normalized spacial score (nSPS) is 11.6.